The van der Waals surface area contributed by atoms with Crippen molar-refractivity contribution in [2.24, 2.45) is 0 Å². The molecule has 1 aromatic heterocycles. The van der Waals surface area contributed by atoms with Crippen molar-refractivity contribution in [2.45, 2.75) is 11.8 Å². The second-order valence-corrected chi connectivity index (χ2v) is 6.36. The van der Waals surface area contributed by atoms with Gasteiger partial charge in [0.25, 0.3) is 0 Å². The van der Waals surface area contributed by atoms with Gasteiger partial charge in [0, 0.05) is 35.4 Å². The van der Waals surface area contributed by atoms with Gasteiger partial charge in [-0.2, -0.15) is 0 Å². The Morgan fingerprint density at radius 1 is 1.32 bits per heavy atom. The third-order valence-electron chi connectivity index (χ3n) is 3.75. The summed E-state index contributed by atoms with van der Waals surface area (Å²) in [6, 6.07) is 10.6. The van der Waals surface area contributed by atoms with Crippen LogP contribution in [0, 0.1) is 0 Å². The largest absolute Gasteiger partial charge is 0.315 e. The van der Waals surface area contributed by atoms with Gasteiger partial charge >= 0.3 is 0 Å². The standard InChI is InChI=1S/C15H14BrClN2/c16-13-3-1-2-12(6-13)15(9-19-10-15)7-11-4-5-18-8-14(11)17/h1-6,8,19H,7,9-10H2. The fraction of sp³-hybridized carbons (Fsp3) is 0.267. The van der Waals surface area contributed by atoms with Crippen LogP contribution >= 0.6 is 27.5 Å². The summed E-state index contributed by atoms with van der Waals surface area (Å²) < 4.78 is 1.12. The minimum absolute atomic E-state index is 0.148. The summed E-state index contributed by atoms with van der Waals surface area (Å²) in [4.78, 5) is 4.05. The van der Waals surface area contributed by atoms with E-state index in [2.05, 4.69) is 50.5 Å². The molecule has 19 heavy (non-hydrogen) atoms. The Morgan fingerprint density at radius 3 is 2.79 bits per heavy atom. The van der Waals surface area contributed by atoms with E-state index in [0.717, 1.165) is 34.6 Å². The van der Waals surface area contributed by atoms with E-state index in [0.29, 0.717) is 0 Å². The first-order valence-corrected chi connectivity index (χ1v) is 7.42. The lowest BCUT2D eigenvalue weighted by molar-refractivity contribution is 0.274. The molecule has 4 heteroatoms. The third-order valence-corrected chi connectivity index (χ3v) is 4.58. The maximum atomic E-state index is 6.24. The molecule has 0 spiro atoms. The van der Waals surface area contributed by atoms with Gasteiger partial charge < -0.3 is 5.32 Å². The van der Waals surface area contributed by atoms with Crippen LogP contribution in [0.5, 0.6) is 0 Å². The van der Waals surface area contributed by atoms with Gasteiger partial charge in [-0.25, -0.2) is 0 Å². The average Bonchev–Trinajstić information content (AvgIpc) is 2.36. The quantitative estimate of drug-likeness (QED) is 0.926. The molecule has 0 unspecified atom stereocenters. The molecule has 1 N–H and O–H groups in total. The van der Waals surface area contributed by atoms with E-state index in [9.17, 15) is 0 Å². The lowest BCUT2D eigenvalue weighted by atomic mass is 9.71. The monoisotopic (exact) mass is 336 g/mol. The maximum absolute atomic E-state index is 6.24. The molecule has 98 valence electrons. The minimum atomic E-state index is 0.148. The highest BCUT2D eigenvalue weighted by Crippen LogP contribution is 2.35. The molecule has 2 aromatic rings. The zero-order chi connectivity index (χ0) is 13.3. The first-order chi connectivity index (χ1) is 9.20. The van der Waals surface area contributed by atoms with Crippen LogP contribution in [0.4, 0.5) is 0 Å². The van der Waals surface area contributed by atoms with Crippen molar-refractivity contribution in [1.29, 1.82) is 0 Å². The van der Waals surface area contributed by atoms with Crippen LogP contribution in [0.25, 0.3) is 0 Å². The summed E-state index contributed by atoms with van der Waals surface area (Å²) in [5.74, 6) is 0. The highest BCUT2D eigenvalue weighted by atomic mass is 79.9. The van der Waals surface area contributed by atoms with Gasteiger partial charge in [-0.1, -0.05) is 39.7 Å². The number of halogens is 2. The molecule has 2 heterocycles. The SMILES string of the molecule is Clc1cnccc1CC1(c2cccc(Br)c2)CNC1. The number of nitrogens with one attached hydrogen (secondary N) is 1. The van der Waals surface area contributed by atoms with Crippen LogP contribution in [0.3, 0.4) is 0 Å². The van der Waals surface area contributed by atoms with Crippen molar-refractivity contribution in [1.82, 2.24) is 10.3 Å². The lowest BCUT2D eigenvalue weighted by Crippen LogP contribution is -2.58. The summed E-state index contributed by atoms with van der Waals surface area (Å²) >= 11 is 9.79. The third kappa shape index (κ3) is 2.55. The molecule has 0 amide bonds. The van der Waals surface area contributed by atoms with Gasteiger partial charge in [0.2, 0.25) is 0 Å². The van der Waals surface area contributed by atoms with Crippen LogP contribution in [-0.2, 0) is 11.8 Å². The first-order valence-electron chi connectivity index (χ1n) is 6.25. The van der Waals surface area contributed by atoms with Crippen LogP contribution in [0.15, 0.2) is 47.2 Å². The number of hydrogen-bond acceptors (Lipinski definition) is 2. The van der Waals surface area contributed by atoms with Gasteiger partial charge in [-0.3, -0.25) is 4.98 Å². The Morgan fingerprint density at radius 2 is 2.16 bits per heavy atom. The molecule has 1 aliphatic rings. The Kier molecular flexibility index (Phi) is 3.61. The Bertz CT molecular complexity index is 596. The molecule has 1 saturated heterocycles. The molecule has 0 radical (unpaired) electrons. The molecule has 0 bridgehead atoms. The van der Waals surface area contributed by atoms with Crippen LogP contribution in [0.1, 0.15) is 11.1 Å². The molecular weight excluding hydrogens is 324 g/mol. The average molecular weight is 338 g/mol. The van der Waals surface area contributed by atoms with E-state index in [-0.39, 0.29) is 5.41 Å². The summed E-state index contributed by atoms with van der Waals surface area (Å²) in [6.45, 7) is 1.98. The molecular formula is C15H14BrClN2. The van der Waals surface area contributed by atoms with Gasteiger partial charge in [-0.15, -0.1) is 0 Å². The molecule has 1 fully saturated rings. The summed E-state index contributed by atoms with van der Waals surface area (Å²) in [5, 5.41) is 4.14. The minimum Gasteiger partial charge on any atom is -0.315 e. The lowest BCUT2D eigenvalue weighted by Gasteiger charge is -2.43. The Labute approximate surface area is 126 Å². The highest BCUT2D eigenvalue weighted by molar-refractivity contribution is 9.10. The normalized spacial score (nSPS) is 16.9. The number of aromatic nitrogens is 1. The second-order valence-electron chi connectivity index (χ2n) is 5.04. The van der Waals surface area contributed by atoms with Gasteiger partial charge in [0.05, 0.1) is 5.02 Å². The van der Waals surface area contributed by atoms with Crippen LogP contribution in [-0.4, -0.2) is 18.1 Å². The van der Waals surface area contributed by atoms with Gasteiger partial charge in [-0.05, 0) is 35.7 Å². The van der Waals surface area contributed by atoms with E-state index >= 15 is 0 Å². The van der Waals surface area contributed by atoms with Crippen molar-refractivity contribution in [3.63, 3.8) is 0 Å². The zero-order valence-electron chi connectivity index (χ0n) is 10.4. The number of pyridine rings is 1. The van der Waals surface area contributed by atoms with Crippen molar-refractivity contribution in [2.75, 3.05) is 13.1 Å². The molecule has 1 aromatic carbocycles. The Balaban J connectivity index is 1.94. The summed E-state index contributed by atoms with van der Waals surface area (Å²) in [5.41, 5.74) is 2.67. The zero-order valence-corrected chi connectivity index (χ0v) is 12.7. The Hall–Kier alpha value is -0.900. The molecule has 0 saturated carbocycles. The second kappa shape index (κ2) is 5.23. The molecule has 0 atom stereocenters. The van der Waals surface area contributed by atoms with Gasteiger partial charge in [0.15, 0.2) is 0 Å². The fourth-order valence-electron chi connectivity index (χ4n) is 2.59. The van der Waals surface area contributed by atoms with E-state index in [1.807, 2.05) is 12.3 Å². The summed E-state index contributed by atoms with van der Waals surface area (Å²) in [7, 11) is 0. The van der Waals surface area contributed by atoms with Crippen molar-refractivity contribution in [3.05, 3.63) is 63.3 Å². The fourth-order valence-corrected chi connectivity index (χ4v) is 3.17. The van der Waals surface area contributed by atoms with Crippen LogP contribution in [0.2, 0.25) is 5.02 Å². The molecule has 3 rings (SSSR count). The van der Waals surface area contributed by atoms with Gasteiger partial charge in [0.1, 0.15) is 0 Å². The van der Waals surface area contributed by atoms with E-state index in [4.69, 9.17) is 11.6 Å². The van der Waals surface area contributed by atoms with E-state index in [1.165, 1.54) is 5.56 Å². The topological polar surface area (TPSA) is 24.9 Å². The van der Waals surface area contributed by atoms with Crippen molar-refractivity contribution in [3.8, 4) is 0 Å². The highest BCUT2D eigenvalue weighted by Gasteiger charge is 2.39. The van der Waals surface area contributed by atoms with E-state index in [1.54, 1.807) is 6.20 Å². The first kappa shape index (κ1) is 13.1. The van der Waals surface area contributed by atoms with Crippen LogP contribution < -0.4 is 5.32 Å². The van der Waals surface area contributed by atoms with Crippen molar-refractivity contribution >= 4 is 27.5 Å². The predicted octanol–water partition coefficient (Wildman–Crippen LogP) is 3.58. The number of rotatable bonds is 3. The molecule has 0 aliphatic carbocycles. The number of nitrogens with zero attached hydrogens (tertiary/aromatic N) is 1. The number of benzene rings is 1. The summed E-state index contributed by atoms with van der Waals surface area (Å²) in [6.07, 6.45) is 4.47. The van der Waals surface area contributed by atoms with E-state index < -0.39 is 0 Å². The predicted molar refractivity (Wildman–Crippen MR) is 81.6 cm³/mol. The maximum Gasteiger partial charge on any atom is 0.0621 e. The molecule has 1 aliphatic heterocycles. The molecule has 2 nitrogen and oxygen atoms in total. The smallest absolute Gasteiger partial charge is 0.0621 e. The number of hydrogen-bond donors (Lipinski definition) is 1. The van der Waals surface area contributed by atoms with Crippen molar-refractivity contribution < 1.29 is 0 Å².